The second-order valence-electron chi connectivity index (χ2n) is 2.89. The molecule has 0 saturated heterocycles. The maximum Gasteiger partial charge on any atom is 0.269 e. The first-order valence-corrected chi connectivity index (χ1v) is 4.32. The molecule has 0 aliphatic carbocycles. The van der Waals surface area contributed by atoms with Gasteiger partial charge in [-0.2, -0.15) is 0 Å². The molecule has 2 rings (SSSR count). The van der Waals surface area contributed by atoms with Crippen LogP contribution in [0.3, 0.4) is 0 Å². The fourth-order valence-electron chi connectivity index (χ4n) is 1.25. The smallest absolute Gasteiger partial charge is 0.269 e. The molecule has 0 radical (unpaired) electrons. The first-order chi connectivity index (χ1) is 7.29. The molecular weight excluding hydrogens is 192 g/mol. The van der Waals surface area contributed by atoms with Crippen LogP contribution in [0, 0.1) is 0 Å². The topological polar surface area (TPSA) is 81.8 Å². The fourth-order valence-corrected chi connectivity index (χ4v) is 1.25. The van der Waals surface area contributed by atoms with Gasteiger partial charge < -0.3 is 5.73 Å². The molecule has 0 aliphatic heterocycles. The Morgan fingerprint density at radius 3 is 2.60 bits per heavy atom. The Morgan fingerprint density at radius 2 is 1.93 bits per heavy atom. The van der Waals surface area contributed by atoms with Gasteiger partial charge in [-0.3, -0.25) is 4.79 Å². The van der Waals surface area contributed by atoms with Crippen molar-refractivity contribution in [1.82, 2.24) is 15.2 Å². The van der Waals surface area contributed by atoms with Crippen molar-refractivity contribution in [2.24, 2.45) is 5.73 Å². The van der Waals surface area contributed by atoms with Gasteiger partial charge >= 0.3 is 0 Å². The Bertz CT molecular complexity index is 484. The van der Waals surface area contributed by atoms with E-state index in [0.29, 0.717) is 5.69 Å². The van der Waals surface area contributed by atoms with Gasteiger partial charge in [0.2, 0.25) is 0 Å². The van der Waals surface area contributed by atoms with E-state index in [-0.39, 0.29) is 5.69 Å². The molecule has 1 amide bonds. The summed E-state index contributed by atoms with van der Waals surface area (Å²) in [7, 11) is 0. The molecule has 5 heteroatoms. The van der Waals surface area contributed by atoms with Gasteiger partial charge in [0.25, 0.3) is 5.91 Å². The number of carbonyl (C=O) groups excluding carboxylic acids is 1. The number of carbonyl (C=O) groups is 1. The summed E-state index contributed by atoms with van der Waals surface area (Å²) >= 11 is 0. The second kappa shape index (κ2) is 3.83. The number of nitrogens with zero attached hydrogens (tertiary/aromatic N) is 3. The first-order valence-electron chi connectivity index (χ1n) is 4.32. The third kappa shape index (κ3) is 1.80. The summed E-state index contributed by atoms with van der Waals surface area (Å²) in [5.41, 5.74) is 6.50. The van der Waals surface area contributed by atoms with Gasteiger partial charge in [-0.15, -0.1) is 10.2 Å². The Balaban J connectivity index is 2.58. The zero-order chi connectivity index (χ0) is 10.7. The Labute approximate surface area is 86.0 Å². The van der Waals surface area contributed by atoms with E-state index < -0.39 is 5.91 Å². The summed E-state index contributed by atoms with van der Waals surface area (Å²) < 4.78 is 0. The van der Waals surface area contributed by atoms with Crippen molar-refractivity contribution in [2.45, 2.75) is 0 Å². The molecule has 0 aliphatic rings. The lowest BCUT2D eigenvalue weighted by Crippen LogP contribution is -2.15. The molecule has 0 bridgehead atoms. The predicted octanol–water partition coefficient (Wildman–Crippen LogP) is 0.637. The molecular formula is C10H8N4O. The summed E-state index contributed by atoms with van der Waals surface area (Å²) in [4.78, 5) is 14.9. The standard InChI is InChI=1S/C10H8N4O/c11-10(15)9-8(14-13-6-12-9)7-4-2-1-3-5-7/h1-6H,(H2,11,15). The van der Waals surface area contributed by atoms with E-state index in [9.17, 15) is 4.79 Å². The van der Waals surface area contributed by atoms with Crippen LogP contribution in [-0.2, 0) is 0 Å². The number of amides is 1. The van der Waals surface area contributed by atoms with Gasteiger partial charge in [0.15, 0.2) is 5.69 Å². The van der Waals surface area contributed by atoms with E-state index in [2.05, 4.69) is 15.2 Å². The van der Waals surface area contributed by atoms with Gasteiger partial charge in [-0.1, -0.05) is 30.3 Å². The lowest BCUT2D eigenvalue weighted by Gasteiger charge is -2.02. The minimum absolute atomic E-state index is 0.135. The quantitative estimate of drug-likeness (QED) is 0.771. The molecule has 0 spiro atoms. The van der Waals surface area contributed by atoms with E-state index in [1.165, 1.54) is 6.33 Å². The number of hydrogen-bond acceptors (Lipinski definition) is 4. The molecule has 74 valence electrons. The Kier molecular flexibility index (Phi) is 2.37. The first kappa shape index (κ1) is 9.26. The van der Waals surface area contributed by atoms with Crippen LogP contribution >= 0.6 is 0 Å². The molecule has 0 unspecified atom stereocenters. The summed E-state index contributed by atoms with van der Waals surface area (Å²) in [6.07, 6.45) is 1.20. The highest BCUT2D eigenvalue weighted by atomic mass is 16.1. The number of rotatable bonds is 2. The molecule has 5 nitrogen and oxygen atoms in total. The molecule has 1 aromatic heterocycles. The molecule has 2 N–H and O–H groups in total. The van der Waals surface area contributed by atoms with Crippen LogP contribution in [0.2, 0.25) is 0 Å². The fraction of sp³-hybridized carbons (Fsp3) is 0. The van der Waals surface area contributed by atoms with Crippen molar-refractivity contribution in [3.8, 4) is 11.3 Å². The summed E-state index contributed by atoms with van der Waals surface area (Å²) in [6.45, 7) is 0. The highest BCUT2D eigenvalue weighted by molar-refractivity contribution is 5.96. The lowest BCUT2D eigenvalue weighted by atomic mass is 10.1. The summed E-state index contributed by atoms with van der Waals surface area (Å²) in [5, 5.41) is 7.49. The molecule has 0 saturated carbocycles. The summed E-state index contributed by atoms with van der Waals surface area (Å²) in [5.74, 6) is -0.608. The molecule has 0 fully saturated rings. The maximum absolute atomic E-state index is 11.1. The molecule has 0 atom stereocenters. The molecule has 1 aromatic carbocycles. The van der Waals surface area contributed by atoms with Crippen molar-refractivity contribution >= 4 is 5.91 Å². The summed E-state index contributed by atoms with van der Waals surface area (Å²) in [6, 6.07) is 9.19. The number of aromatic nitrogens is 3. The van der Waals surface area contributed by atoms with E-state index in [1.807, 2.05) is 30.3 Å². The van der Waals surface area contributed by atoms with Gasteiger partial charge in [0.1, 0.15) is 12.0 Å². The zero-order valence-corrected chi connectivity index (χ0v) is 7.79. The van der Waals surface area contributed by atoms with Crippen molar-refractivity contribution in [2.75, 3.05) is 0 Å². The molecule has 1 heterocycles. The van der Waals surface area contributed by atoms with Crippen LogP contribution in [0.15, 0.2) is 36.7 Å². The average molecular weight is 200 g/mol. The SMILES string of the molecule is NC(=O)c1ncnnc1-c1ccccc1. The van der Waals surface area contributed by atoms with E-state index in [1.54, 1.807) is 0 Å². The Morgan fingerprint density at radius 1 is 1.20 bits per heavy atom. The Hall–Kier alpha value is -2.30. The van der Waals surface area contributed by atoms with Crippen LogP contribution in [0.4, 0.5) is 0 Å². The van der Waals surface area contributed by atoms with Crippen LogP contribution in [0.25, 0.3) is 11.3 Å². The zero-order valence-electron chi connectivity index (χ0n) is 7.79. The third-order valence-electron chi connectivity index (χ3n) is 1.90. The minimum Gasteiger partial charge on any atom is -0.364 e. The number of primary amides is 1. The molecule has 15 heavy (non-hydrogen) atoms. The third-order valence-corrected chi connectivity index (χ3v) is 1.90. The molecule has 2 aromatic rings. The van der Waals surface area contributed by atoms with E-state index >= 15 is 0 Å². The van der Waals surface area contributed by atoms with Crippen molar-refractivity contribution in [3.05, 3.63) is 42.4 Å². The maximum atomic E-state index is 11.1. The minimum atomic E-state index is -0.608. The van der Waals surface area contributed by atoms with Gasteiger partial charge in [-0.05, 0) is 0 Å². The number of nitrogens with two attached hydrogens (primary N) is 1. The average Bonchev–Trinajstić information content (AvgIpc) is 2.30. The van der Waals surface area contributed by atoms with Gasteiger partial charge in [0.05, 0.1) is 0 Å². The lowest BCUT2D eigenvalue weighted by molar-refractivity contribution is 0.0995. The number of hydrogen-bond donors (Lipinski definition) is 1. The number of benzene rings is 1. The van der Waals surface area contributed by atoms with Crippen molar-refractivity contribution in [1.29, 1.82) is 0 Å². The van der Waals surface area contributed by atoms with Crippen LogP contribution in [-0.4, -0.2) is 21.1 Å². The van der Waals surface area contributed by atoms with Crippen LogP contribution in [0.1, 0.15) is 10.5 Å². The van der Waals surface area contributed by atoms with Crippen molar-refractivity contribution in [3.63, 3.8) is 0 Å². The van der Waals surface area contributed by atoms with Crippen LogP contribution in [0.5, 0.6) is 0 Å². The highest BCUT2D eigenvalue weighted by Gasteiger charge is 2.12. The van der Waals surface area contributed by atoms with Crippen molar-refractivity contribution < 1.29 is 4.79 Å². The van der Waals surface area contributed by atoms with Crippen LogP contribution < -0.4 is 5.73 Å². The van der Waals surface area contributed by atoms with Gasteiger partial charge in [-0.25, -0.2) is 4.98 Å². The normalized spacial score (nSPS) is 9.87. The predicted molar refractivity (Wildman–Crippen MR) is 53.8 cm³/mol. The van der Waals surface area contributed by atoms with E-state index in [0.717, 1.165) is 5.56 Å². The largest absolute Gasteiger partial charge is 0.364 e. The van der Waals surface area contributed by atoms with E-state index in [4.69, 9.17) is 5.73 Å². The highest BCUT2D eigenvalue weighted by Crippen LogP contribution is 2.17. The second-order valence-corrected chi connectivity index (χ2v) is 2.89. The monoisotopic (exact) mass is 200 g/mol. The van der Waals surface area contributed by atoms with Gasteiger partial charge in [0, 0.05) is 5.56 Å².